The Balaban J connectivity index is 1.63. The van der Waals surface area contributed by atoms with E-state index in [0.29, 0.717) is 37.7 Å². The standard InChI is InChI=1S/C24H27N7O/c1-2-5-9-20(10-6-3-1)31(21-11-7-4-8-12-21)24-27-22(29-15-17-32-18-16-29)26-23(28-24)30-14-13-25-19-30/h2,4-14,25H,1,3,15-19H2/b5-2-,10-6?,20-9+. The zero-order chi connectivity index (χ0) is 21.6. The van der Waals surface area contributed by atoms with E-state index in [-0.39, 0.29) is 0 Å². The van der Waals surface area contributed by atoms with Crippen LogP contribution in [0.1, 0.15) is 12.8 Å². The topological polar surface area (TPSA) is 69.7 Å². The van der Waals surface area contributed by atoms with E-state index in [1.54, 1.807) is 0 Å². The monoisotopic (exact) mass is 429 g/mol. The molecule has 0 atom stereocenters. The van der Waals surface area contributed by atoms with Crippen molar-refractivity contribution < 1.29 is 4.74 Å². The van der Waals surface area contributed by atoms with E-state index in [1.165, 1.54) is 0 Å². The fourth-order valence-electron chi connectivity index (χ4n) is 3.78. The molecule has 8 heteroatoms. The van der Waals surface area contributed by atoms with E-state index in [2.05, 4.69) is 57.6 Å². The number of ether oxygens (including phenoxy) is 1. The van der Waals surface area contributed by atoms with Crippen LogP contribution in [0.3, 0.4) is 0 Å². The Labute approximate surface area is 188 Å². The number of nitrogens with zero attached hydrogens (tertiary/aromatic N) is 6. The molecule has 2 aliphatic heterocycles. The molecule has 5 rings (SSSR count). The van der Waals surface area contributed by atoms with E-state index in [9.17, 15) is 0 Å². The SMILES string of the molecule is C1=C/C(N(c2ccccc2)c2nc(N3C=CNC3)nc(N3CCOCC3)n2)=C\C=C/CC1. The molecule has 2 aromatic rings. The fourth-order valence-corrected chi connectivity index (χ4v) is 3.78. The van der Waals surface area contributed by atoms with Gasteiger partial charge < -0.3 is 15.0 Å². The molecule has 0 bridgehead atoms. The molecule has 8 nitrogen and oxygen atoms in total. The average molecular weight is 430 g/mol. The molecule has 0 amide bonds. The molecule has 1 N–H and O–H groups in total. The van der Waals surface area contributed by atoms with Crippen molar-refractivity contribution in [3.63, 3.8) is 0 Å². The molecule has 32 heavy (non-hydrogen) atoms. The third-order valence-electron chi connectivity index (χ3n) is 5.45. The lowest BCUT2D eigenvalue weighted by Crippen LogP contribution is -2.38. The van der Waals surface area contributed by atoms with Crippen molar-refractivity contribution in [1.82, 2.24) is 20.3 Å². The molecule has 0 radical (unpaired) electrons. The summed E-state index contributed by atoms with van der Waals surface area (Å²) in [6.07, 6.45) is 16.6. The average Bonchev–Trinajstić information content (AvgIpc) is 3.37. The normalized spacial score (nSPS) is 20.8. The van der Waals surface area contributed by atoms with Crippen LogP contribution < -0.4 is 20.0 Å². The summed E-state index contributed by atoms with van der Waals surface area (Å²) in [5.74, 6) is 1.87. The highest BCUT2D eigenvalue weighted by molar-refractivity contribution is 5.67. The largest absolute Gasteiger partial charge is 0.378 e. The van der Waals surface area contributed by atoms with E-state index in [1.807, 2.05) is 35.5 Å². The Hall–Kier alpha value is -3.65. The predicted molar refractivity (Wildman–Crippen MR) is 127 cm³/mol. The second-order valence-electron chi connectivity index (χ2n) is 7.65. The predicted octanol–water partition coefficient (Wildman–Crippen LogP) is 3.47. The van der Waals surface area contributed by atoms with Gasteiger partial charge in [-0.15, -0.1) is 0 Å². The Kier molecular flexibility index (Phi) is 6.11. The maximum atomic E-state index is 5.54. The van der Waals surface area contributed by atoms with Gasteiger partial charge in [0.2, 0.25) is 17.8 Å². The van der Waals surface area contributed by atoms with Crippen molar-refractivity contribution in [3.05, 3.63) is 78.8 Å². The first-order valence-corrected chi connectivity index (χ1v) is 11.0. The van der Waals surface area contributed by atoms with Crippen molar-refractivity contribution in [2.75, 3.05) is 47.7 Å². The van der Waals surface area contributed by atoms with Gasteiger partial charge in [-0.25, -0.2) is 0 Å². The van der Waals surface area contributed by atoms with Gasteiger partial charge >= 0.3 is 0 Å². The number of benzene rings is 1. The molecule has 3 heterocycles. The van der Waals surface area contributed by atoms with Gasteiger partial charge in [0, 0.05) is 36.9 Å². The van der Waals surface area contributed by atoms with Crippen LogP contribution in [0, 0.1) is 0 Å². The summed E-state index contributed by atoms with van der Waals surface area (Å²) >= 11 is 0. The second kappa shape index (κ2) is 9.65. The summed E-state index contributed by atoms with van der Waals surface area (Å²) in [5, 5.41) is 3.19. The van der Waals surface area contributed by atoms with Crippen LogP contribution in [0.5, 0.6) is 0 Å². The fraction of sp³-hybridized carbons (Fsp3) is 0.292. The first-order chi connectivity index (χ1) is 15.9. The number of allylic oxidation sites excluding steroid dienone is 5. The van der Waals surface area contributed by atoms with Crippen LogP contribution in [-0.4, -0.2) is 47.9 Å². The lowest BCUT2D eigenvalue weighted by Gasteiger charge is -2.30. The highest BCUT2D eigenvalue weighted by atomic mass is 16.5. The number of para-hydroxylation sites is 1. The third kappa shape index (κ3) is 4.50. The van der Waals surface area contributed by atoms with E-state index in [4.69, 9.17) is 19.7 Å². The van der Waals surface area contributed by atoms with E-state index in [0.717, 1.165) is 37.3 Å². The molecule has 1 saturated heterocycles. The smallest absolute Gasteiger partial charge is 0.241 e. The maximum absolute atomic E-state index is 5.54. The first kappa shape index (κ1) is 20.3. The molecular formula is C24H27N7O. The molecular weight excluding hydrogens is 402 g/mol. The summed E-state index contributed by atoms with van der Waals surface area (Å²) in [7, 11) is 0. The highest BCUT2D eigenvalue weighted by Crippen LogP contribution is 2.31. The van der Waals surface area contributed by atoms with Crippen LogP contribution in [-0.2, 0) is 4.74 Å². The van der Waals surface area contributed by atoms with Crippen molar-refractivity contribution in [2.45, 2.75) is 12.8 Å². The van der Waals surface area contributed by atoms with Gasteiger partial charge in [0.25, 0.3) is 0 Å². The van der Waals surface area contributed by atoms with Crippen molar-refractivity contribution in [1.29, 1.82) is 0 Å². The zero-order valence-electron chi connectivity index (χ0n) is 18.0. The van der Waals surface area contributed by atoms with E-state index < -0.39 is 0 Å². The van der Waals surface area contributed by atoms with Crippen LogP contribution in [0.2, 0.25) is 0 Å². The molecule has 0 saturated carbocycles. The maximum Gasteiger partial charge on any atom is 0.241 e. The van der Waals surface area contributed by atoms with Crippen LogP contribution >= 0.6 is 0 Å². The molecule has 0 unspecified atom stereocenters. The summed E-state index contributed by atoms with van der Waals surface area (Å²) in [6.45, 7) is 3.48. The number of hydrogen-bond acceptors (Lipinski definition) is 8. The van der Waals surface area contributed by atoms with Gasteiger partial charge in [0.1, 0.15) is 0 Å². The number of aromatic nitrogens is 3. The van der Waals surface area contributed by atoms with Gasteiger partial charge in [-0.3, -0.25) is 9.80 Å². The molecule has 1 aromatic heterocycles. The minimum atomic E-state index is 0.591. The number of rotatable bonds is 5. The van der Waals surface area contributed by atoms with Crippen LogP contribution in [0.15, 0.2) is 78.8 Å². The van der Waals surface area contributed by atoms with Crippen molar-refractivity contribution >= 4 is 23.5 Å². The minimum absolute atomic E-state index is 0.591. The molecule has 1 fully saturated rings. The third-order valence-corrected chi connectivity index (χ3v) is 5.45. The molecule has 0 spiro atoms. The van der Waals surface area contributed by atoms with Crippen molar-refractivity contribution in [2.24, 2.45) is 0 Å². The van der Waals surface area contributed by atoms with Gasteiger partial charge in [0.15, 0.2) is 0 Å². The minimum Gasteiger partial charge on any atom is -0.378 e. The van der Waals surface area contributed by atoms with Crippen LogP contribution in [0.25, 0.3) is 0 Å². The van der Waals surface area contributed by atoms with Crippen molar-refractivity contribution in [3.8, 4) is 0 Å². The Bertz CT molecular complexity index is 1040. The lowest BCUT2D eigenvalue weighted by molar-refractivity contribution is 0.122. The Morgan fingerprint density at radius 2 is 1.75 bits per heavy atom. The molecule has 164 valence electrons. The Morgan fingerprint density at radius 3 is 2.56 bits per heavy atom. The molecule has 1 aliphatic carbocycles. The van der Waals surface area contributed by atoms with Gasteiger partial charge in [-0.05, 0) is 37.1 Å². The van der Waals surface area contributed by atoms with Gasteiger partial charge in [0.05, 0.1) is 19.9 Å². The first-order valence-electron chi connectivity index (χ1n) is 11.0. The Morgan fingerprint density at radius 1 is 0.938 bits per heavy atom. The summed E-state index contributed by atoms with van der Waals surface area (Å²) < 4.78 is 5.54. The van der Waals surface area contributed by atoms with Gasteiger partial charge in [-0.2, -0.15) is 15.0 Å². The van der Waals surface area contributed by atoms with Gasteiger partial charge in [-0.1, -0.05) is 36.4 Å². The summed E-state index contributed by atoms with van der Waals surface area (Å²) in [6, 6.07) is 10.2. The number of morpholine rings is 1. The molecule has 1 aromatic carbocycles. The van der Waals surface area contributed by atoms with Crippen LogP contribution in [0.4, 0.5) is 23.5 Å². The number of hydrogen-bond donors (Lipinski definition) is 1. The summed E-state index contributed by atoms with van der Waals surface area (Å²) in [5.41, 5.74) is 2.00. The lowest BCUT2D eigenvalue weighted by atomic mass is 10.1. The number of nitrogens with one attached hydrogen (secondary N) is 1. The highest BCUT2D eigenvalue weighted by Gasteiger charge is 2.23. The quantitative estimate of drug-likeness (QED) is 0.775. The van der Waals surface area contributed by atoms with E-state index >= 15 is 0 Å². The summed E-state index contributed by atoms with van der Waals surface area (Å²) in [4.78, 5) is 20.9. The molecule has 3 aliphatic rings. The number of anilines is 4. The second-order valence-corrected chi connectivity index (χ2v) is 7.65. The zero-order valence-corrected chi connectivity index (χ0v) is 18.0.